The SMILES string of the molecule is C1=CCC(n2c3ccccc3c3cc(-c4ccc5c(c4)oc4ccc(N(c6ccc(-c7ccccc7)cc6)c6ccc7c(ccc8ccccc87)c6)cc45)ccc32)C=C1. The molecule has 0 bridgehead atoms. The van der Waals surface area contributed by atoms with Gasteiger partial charge < -0.3 is 13.9 Å². The topological polar surface area (TPSA) is 21.3 Å². The van der Waals surface area contributed by atoms with E-state index in [4.69, 9.17) is 4.42 Å². The first-order valence-corrected chi connectivity index (χ1v) is 20.4. The zero-order valence-electron chi connectivity index (χ0n) is 32.3. The highest BCUT2D eigenvalue weighted by Crippen LogP contribution is 2.42. The zero-order valence-corrected chi connectivity index (χ0v) is 32.3. The van der Waals surface area contributed by atoms with E-state index in [9.17, 15) is 0 Å². The van der Waals surface area contributed by atoms with Crippen LogP contribution >= 0.6 is 0 Å². The summed E-state index contributed by atoms with van der Waals surface area (Å²) in [6.45, 7) is 0. The summed E-state index contributed by atoms with van der Waals surface area (Å²) >= 11 is 0. The molecule has 1 aliphatic carbocycles. The molecule has 9 aromatic carbocycles. The standard InChI is InChI=1S/C56H38N2O/c1-3-11-37(12-4-1)38-21-25-44(26-22-38)57(45-27-30-48-42(33-45)20-19-39-13-7-8-16-47(39)48)46-28-32-55-52(36-46)50-29-23-41(35-56(50)59-55)40-24-31-54-51(34-40)49-17-9-10-18-53(49)58(54)43-14-5-2-6-15-43/h1-14,16-36,43H,15H2. The van der Waals surface area contributed by atoms with Gasteiger partial charge in [0.05, 0.1) is 6.04 Å². The molecule has 0 amide bonds. The molecule has 0 aliphatic heterocycles. The minimum atomic E-state index is 0.302. The molecule has 3 nitrogen and oxygen atoms in total. The molecule has 1 atom stereocenters. The van der Waals surface area contributed by atoms with Crippen molar-refractivity contribution in [1.29, 1.82) is 0 Å². The third-order valence-corrected chi connectivity index (χ3v) is 12.3. The fraction of sp³-hybridized carbons (Fsp3) is 0.0357. The lowest BCUT2D eigenvalue weighted by Gasteiger charge is -2.26. The highest BCUT2D eigenvalue weighted by Gasteiger charge is 2.20. The third-order valence-electron chi connectivity index (χ3n) is 12.3. The Morgan fingerprint density at radius 3 is 1.95 bits per heavy atom. The highest BCUT2D eigenvalue weighted by atomic mass is 16.3. The number of benzene rings is 9. The van der Waals surface area contributed by atoms with Gasteiger partial charge in [0.2, 0.25) is 0 Å². The van der Waals surface area contributed by atoms with Crippen molar-refractivity contribution in [3.63, 3.8) is 0 Å². The second-order valence-corrected chi connectivity index (χ2v) is 15.7. The summed E-state index contributed by atoms with van der Waals surface area (Å²) in [6, 6.07) is 68.7. The first-order chi connectivity index (χ1) is 29.2. The largest absolute Gasteiger partial charge is 0.456 e. The van der Waals surface area contributed by atoms with Crippen LogP contribution < -0.4 is 4.90 Å². The number of anilines is 3. The lowest BCUT2D eigenvalue weighted by Crippen LogP contribution is -2.09. The second-order valence-electron chi connectivity index (χ2n) is 15.7. The summed E-state index contributed by atoms with van der Waals surface area (Å²) in [6.07, 6.45) is 9.88. The first kappa shape index (κ1) is 33.5. The van der Waals surface area contributed by atoms with Crippen LogP contribution in [0.5, 0.6) is 0 Å². The smallest absolute Gasteiger partial charge is 0.136 e. The van der Waals surface area contributed by atoms with Crippen LogP contribution in [0, 0.1) is 0 Å². The molecule has 0 saturated carbocycles. The Morgan fingerprint density at radius 1 is 0.407 bits per heavy atom. The van der Waals surface area contributed by atoms with Crippen molar-refractivity contribution in [1.82, 2.24) is 4.57 Å². The number of aromatic nitrogens is 1. The Labute approximate surface area is 342 Å². The van der Waals surface area contributed by atoms with Gasteiger partial charge in [-0.15, -0.1) is 0 Å². The summed E-state index contributed by atoms with van der Waals surface area (Å²) in [4.78, 5) is 2.36. The molecule has 12 rings (SSSR count). The minimum absolute atomic E-state index is 0.302. The van der Waals surface area contributed by atoms with E-state index in [2.05, 4.69) is 222 Å². The maximum absolute atomic E-state index is 6.63. The van der Waals surface area contributed by atoms with E-state index >= 15 is 0 Å². The normalized spacial score (nSPS) is 14.1. The number of allylic oxidation sites excluding steroid dienone is 4. The van der Waals surface area contributed by atoms with E-state index in [1.807, 2.05) is 0 Å². The summed E-state index contributed by atoms with van der Waals surface area (Å²) in [5, 5.41) is 9.72. The van der Waals surface area contributed by atoms with Gasteiger partial charge in [-0.25, -0.2) is 0 Å². The van der Waals surface area contributed by atoms with Gasteiger partial charge in [-0.3, -0.25) is 0 Å². The van der Waals surface area contributed by atoms with Crippen molar-refractivity contribution < 1.29 is 4.42 Å². The summed E-state index contributed by atoms with van der Waals surface area (Å²) in [5.41, 5.74) is 12.3. The molecule has 11 aromatic rings. The van der Waals surface area contributed by atoms with Gasteiger partial charge >= 0.3 is 0 Å². The van der Waals surface area contributed by atoms with Gasteiger partial charge in [0.1, 0.15) is 11.2 Å². The highest BCUT2D eigenvalue weighted by molar-refractivity contribution is 6.12. The number of furan rings is 1. The van der Waals surface area contributed by atoms with E-state index in [1.165, 1.54) is 60.0 Å². The van der Waals surface area contributed by atoms with E-state index in [1.54, 1.807) is 0 Å². The van der Waals surface area contributed by atoms with E-state index in [0.717, 1.165) is 51.0 Å². The minimum Gasteiger partial charge on any atom is -0.456 e. The molecule has 2 heterocycles. The van der Waals surface area contributed by atoms with Crippen LogP contribution in [0.3, 0.4) is 0 Å². The van der Waals surface area contributed by atoms with Crippen molar-refractivity contribution >= 4 is 82.4 Å². The Hall–Kier alpha value is -7.62. The Kier molecular flexibility index (Phi) is 7.67. The molecular formula is C56H38N2O. The van der Waals surface area contributed by atoms with Crippen molar-refractivity contribution in [2.24, 2.45) is 0 Å². The lowest BCUT2D eigenvalue weighted by molar-refractivity contribution is 0.648. The molecule has 278 valence electrons. The van der Waals surface area contributed by atoms with Crippen LogP contribution in [0.4, 0.5) is 17.1 Å². The second kappa shape index (κ2) is 13.5. The zero-order chi connectivity index (χ0) is 38.9. The summed E-state index contributed by atoms with van der Waals surface area (Å²) in [7, 11) is 0. The van der Waals surface area contributed by atoms with E-state index in [-0.39, 0.29) is 0 Å². The van der Waals surface area contributed by atoms with Gasteiger partial charge in [-0.2, -0.15) is 0 Å². The third kappa shape index (κ3) is 5.58. The molecule has 0 N–H and O–H groups in total. The molecule has 59 heavy (non-hydrogen) atoms. The number of rotatable bonds is 6. The van der Waals surface area contributed by atoms with Gasteiger partial charge in [-0.05, 0) is 123 Å². The van der Waals surface area contributed by atoms with Crippen molar-refractivity contribution in [3.05, 3.63) is 212 Å². The number of hydrogen-bond acceptors (Lipinski definition) is 2. The van der Waals surface area contributed by atoms with Crippen LogP contribution in [-0.2, 0) is 0 Å². The fourth-order valence-corrected chi connectivity index (χ4v) is 9.40. The van der Waals surface area contributed by atoms with Crippen LogP contribution in [0.2, 0.25) is 0 Å². The van der Waals surface area contributed by atoms with Gasteiger partial charge in [0, 0.05) is 49.6 Å². The maximum Gasteiger partial charge on any atom is 0.136 e. The molecule has 0 radical (unpaired) electrons. The summed E-state index contributed by atoms with van der Waals surface area (Å²) < 4.78 is 9.12. The number of nitrogens with zero attached hydrogens (tertiary/aromatic N) is 2. The lowest BCUT2D eigenvalue weighted by atomic mass is 10.0. The van der Waals surface area contributed by atoms with Crippen molar-refractivity contribution in [2.75, 3.05) is 4.90 Å². The average molecular weight is 755 g/mol. The molecule has 1 unspecified atom stereocenters. The molecule has 0 spiro atoms. The van der Waals surface area contributed by atoms with Crippen molar-refractivity contribution in [3.8, 4) is 22.3 Å². The van der Waals surface area contributed by atoms with Crippen LogP contribution in [0.15, 0.2) is 217 Å². The number of fused-ring (bicyclic) bond motifs is 9. The Morgan fingerprint density at radius 2 is 1.07 bits per heavy atom. The van der Waals surface area contributed by atoms with E-state index < -0.39 is 0 Å². The van der Waals surface area contributed by atoms with Crippen LogP contribution in [0.1, 0.15) is 12.5 Å². The predicted molar refractivity (Wildman–Crippen MR) is 249 cm³/mol. The molecular weight excluding hydrogens is 717 g/mol. The quantitative estimate of drug-likeness (QED) is 0.158. The Bertz CT molecular complexity index is 3480. The van der Waals surface area contributed by atoms with Gasteiger partial charge in [0.25, 0.3) is 0 Å². The monoisotopic (exact) mass is 754 g/mol. The summed E-state index contributed by atoms with van der Waals surface area (Å²) in [5.74, 6) is 0. The van der Waals surface area contributed by atoms with Gasteiger partial charge in [0.15, 0.2) is 0 Å². The predicted octanol–water partition coefficient (Wildman–Crippen LogP) is 15.9. The number of hydrogen-bond donors (Lipinski definition) is 0. The van der Waals surface area contributed by atoms with Crippen molar-refractivity contribution in [2.45, 2.75) is 12.5 Å². The van der Waals surface area contributed by atoms with E-state index in [0.29, 0.717) is 6.04 Å². The number of para-hydroxylation sites is 1. The molecule has 3 heteroatoms. The van der Waals surface area contributed by atoms with Crippen LogP contribution in [0.25, 0.3) is 87.5 Å². The average Bonchev–Trinajstić information content (AvgIpc) is 3.84. The first-order valence-electron chi connectivity index (χ1n) is 20.4. The molecule has 0 fully saturated rings. The molecule has 0 saturated heterocycles. The van der Waals surface area contributed by atoms with Gasteiger partial charge in [-0.1, -0.05) is 140 Å². The molecule has 1 aliphatic rings. The maximum atomic E-state index is 6.63. The molecule has 2 aromatic heterocycles. The fourth-order valence-electron chi connectivity index (χ4n) is 9.40. The van der Waals surface area contributed by atoms with Crippen LogP contribution in [-0.4, -0.2) is 4.57 Å². The Balaban J connectivity index is 0.963.